The Morgan fingerprint density at radius 3 is 3.00 bits per heavy atom. The molecule has 0 radical (unpaired) electrons. The van der Waals surface area contributed by atoms with Gasteiger partial charge in [0.25, 0.3) is 0 Å². The second-order valence-corrected chi connectivity index (χ2v) is 6.53. The molecule has 1 aliphatic carbocycles. The van der Waals surface area contributed by atoms with Crippen molar-refractivity contribution in [2.75, 3.05) is 26.8 Å². The van der Waals surface area contributed by atoms with E-state index in [0.29, 0.717) is 31.5 Å². The minimum Gasteiger partial charge on any atom is -0.497 e. The van der Waals surface area contributed by atoms with E-state index in [1.165, 1.54) is 0 Å². The SMILES string of the molecule is COc1cccc(C2CC2C(=O)N2CCOC(c3nnc(C)o3)C2)c1. The van der Waals surface area contributed by atoms with Gasteiger partial charge < -0.3 is 18.8 Å². The third kappa shape index (κ3) is 3.24. The van der Waals surface area contributed by atoms with E-state index in [9.17, 15) is 4.79 Å². The van der Waals surface area contributed by atoms with Crippen molar-refractivity contribution in [1.29, 1.82) is 0 Å². The minimum absolute atomic E-state index is 0.0373. The minimum atomic E-state index is -0.340. The number of carbonyl (C=O) groups excluding carboxylic acids is 1. The first kappa shape index (κ1) is 16.1. The van der Waals surface area contributed by atoms with Crippen LogP contribution in [0.3, 0.4) is 0 Å². The highest BCUT2D eigenvalue weighted by Gasteiger charge is 2.46. The number of aromatic nitrogens is 2. The Hall–Kier alpha value is -2.41. The summed E-state index contributed by atoms with van der Waals surface area (Å²) in [7, 11) is 1.65. The molecule has 1 aliphatic heterocycles. The van der Waals surface area contributed by atoms with Gasteiger partial charge in [0.1, 0.15) is 5.75 Å². The van der Waals surface area contributed by atoms with Gasteiger partial charge in [0, 0.05) is 19.4 Å². The van der Waals surface area contributed by atoms with Crippen molar-refractivity contribution in [3.8, 4) is 5.75 Å². The van der Waals surface area contributed by atoms with Crippen LogP contribution in [0.25, 0.3) is 0 Å². The molecule has 25 heavy (non-hydrogen) atoms. The number of benzene rings is 1. The van der Waals surface area contributed by atoms with E-state index in [4.69, 9.17) is 13.9 Å². The van der Waals surface area contributed by atoms with Crippen molar-refractivity contribution in [2.45, 2.75) is 25.4 Å². The number of methoxy groups -OCH3 is 1. The maximum Gasteiger partial charge on any atom is 0.246 e. The summed E-state index contributed by atoms with van der Waals surface area (Å²) in [5.41, 5.74) is 1.16. The van der Waals surface area contributed by atoms with Gasteiger partial charge in [-0.1, -0.05) is 12.1 Å². The number of amides is 1. The molecule has 1 saturated heterocycles. The van der Waals surface area contributed by atoms with E-state index in [-0.39, 0.29) is 23.8 Å². The van der Waals surface area contributed by atoms with Crippen LogP contribution >= 0.6 is 0 Å². The largest absolute Gasteiger partial charge is 0.497 e. The number of nitrogens with zero attached hydrogens (tertiary/aromatic N) is 3. The number of aryl methyl sites for hydroxylation is 1. The second-order valence-electron chi connectivity index (χ2n) is 6.53. The first-order chi connectivity index (χ1) is 12.2. The van der Waals surface area contributed by atoms with Gasteiger partial charge in [-0.2, -0.15) is 0 Å². The Balaban J connectivity index is 1.41. The number of morpholine rings is 1. The number of hydrogen-bond donors (Lipinski definition) is 0. The van der Waals surface area contributed by atoms with Gasteiger partial charge in [-0.3, -0.25) is 4.79 Å². The molecule has 2 aliphatic rings. The molecule has 4 rings (SSSR count). The normalized spacial score (nSPS) is 25.7. The van der Waals surface area contributed by atoms with Gasteiger partial charge in [0.2, 0.25) is 17.7 Å². The molecule has 1 saturated carbocycles. The fourth-order valence-electron chi connectivity index (χ4n) is 3.38. The van der Waals surface area contributed by atoms with Crippen LogP contribution in [0, 0.1) is 12.8 Å². The van der Waals surface area contributed by atoms with Crippen LogP contribution in [-0.4, -0.2) is 47.8 Å². The molecule has 1 aromatic heterocycles. The topological polar surface area (TPSA) is 77.7 Å². The average molecular weight is 343 g/mol. The van der Waals surface area contributed by atoms with Crippen molar-refractivity contribution in [2.24, 2.45) is 5.92 Å². The molecule has 7 nitrogen and oxygen atoms in total. The summed E-state index contributed by atoms with van der Waals surface area (Å²) < 4.78 is 16.4. The zero-order chi connectivity index (χ0) is 17.4. The molecular formula is C18H21N3O4. The van der Waals surface area contributed by atoms with E-state index < -0.39 is 0 Å². The standard InChI is InChI=1S/C18H21N3O4/c1-11-19-20-17(25-11)16-10-21(6-7-24-16)18(22)15-9-14(15)12-4-3-5-13(8-12)23-2/h3-5,8,14-16H,6-7,9-10H2,1-2H3. The van der Waals surface area contributed by atoms with Crippen LogP contribution in [-0.2, 0) is 9.53 Å². The molecule has 3 unspecified atom stereocenters. The lowest BCUT2D eigenvalue weighted by Crippen LogP contribution is -2.43. The first-order valence-corrected chi connectivity index (χ1v) is 8.50. The molecule has 2 heterocycles. The summed E-state index contributed by atoms with van der Waals surface area (Å²) in [5, 5.41) is 7.85. The lowest BCUT2D eigenvalue weighted by atomic mass is 10.1. The Labute approximate surface area is 145 Å². The summed E-state index contributed by atoms with van der Waals surface area (Å²) in [6, 6.07) is 7.96. The summed E-state index contributed by atoms with van der Waals surface area (Å²) >= 11 is 0. The highest BCUT2D eigenvalue weighted by atomic mass is 16.5. The summed E-state index contributed by atoms with van der Waals surface area (Å²) in [4.78, 5) is 14.7. The molecule has 132 valence electrons. The van der Waals surface area contributed by atoms with Crippen LogP contribution in [0.1, 0.15) is 35.8 Å². The van der Waals surface area contributed by atoms with E-state index in [1.54, 1.807) is 14.0 Å². The summed E-state index contributed by atoms with van der Waals surface area (Å²) in [5.74, 6) is 2.26. The summed E-state index contributed by atoms with van der Waals surface area (Å²) in [6.45, 7) is 3.28. The fourth-order valence-corrected chi connectivity index (χ4v) is 3.38. The second kappa shape index (κ2) is 6.48. The Kier molecular flexibility index (Phi) is 4.17. The van der Waals surface area contributed by atoms with Crippen LogP contribution in [0.2, 0.25) is 0 Å². The zero-order valence-corrected chi connectivity index (χ0v) is 14.3. The van der Waals surface area contributed by atoms with E-state index in [0.717, 1.165) is 17.7 Å². The van der Waals surface area contributed by atoms with Crippen molar-refractivity contribution in [3.63, 3.8) is 0 Å². The van der Waals surface area contributed by atoms with Crippen molar-refractivity contribution < 1.29 is 18.7 Å². The molecule has 0 N–H and O–H groups in total. The molecule has 2 fully saturated rings. The maximum absolute atomic E-state index is 12.9. The lowest BCUT2D eigenvalue weighted by Gasteiger charge is -2.31. The predicted molar refractivity (Wildman–Crippen MR) is 88.2 cm³/mol. The van der Waals surface area contributed by atoms with E-state index in [1.807, 2.05) is 23.1 Å². The van der Waals surface area contributed by atoms with E-state index >= 15 is 0 Å². The quantitative estimate of drug-likeness (QED) is 0.846. The fraction of sp³-hybridized carbons (Fsp3) is 0.500. The van der Waals surface area contributed by atoms with Crippen LogP contribution < -0.4 is 4.74 Å². The zero-order valence-electron chi connectivity index (χ0n) is 14.3. The van der Waals surface area contributed by atoms with Crippen molar-refractivity contribution in [1.82, 2.24) is 15.1 Å². The third-order valence-electron chi connectivity index (χ3n) is 4.82. The molecule has 7 heteroatoms. The van der Waals surface area contributed by atoms with Crippen LogP contribution in [0.15, 0.2) is 28.7 Å². The first-order valence-electron chi connectivity index (χ1n) is 8.50. The van der Waals surface area contributed by atoms with Crippen molar-refractivity contribution >= 4 is 5.91 Å². The monoisotopic (exact) mass is 343 g/mol. The molecule has 0 spiro atoms. The van der Waals surface area contributed by atoms with Gasteiger partial charge >= 0.3 is 0 Å². The van der Waals surface area contributed by atoms with Gasteiger partial charge in [-0.25, -0.2) is 0 Å². The Bertz CT molecular complexity index is 775. The molecule has 1 aromatic carbocycles. The number of hydrogen-bond acceptors (Lipinski definition) is 6. The van der Waals surface area contributed by atoms with Gasteiger partial charge in [-0.05, 0) is 30.0 Å². The van der Waals surface area contributed by atoms with Crippen LogP contribution in [0.4, 0.5) is 0 Å². The molecule has 0 bridgehead atoms. The third-order valence-corrected chi connectivity index (χ3v) is 4.82. The molecule has 1 amide bonds. The maximum atomic E-state index is 12.9. The smallest absolute Gasteiger partial charge is 0.246 e. The van der Waals surface area contributed by atoms with Gasteiger partial charge in [-0.15, -0.1) is 10.2 Å². The van der Waals surface area contributed by atoms with Crippen LogP contribution in [0.5, 0.6) is 5.75 Å². The molecule has 3 atom stereocenters. The average Bonchev–Trinajstić information content (AvgIpc) is 3.34. The highest BCUT2D eigenvalue weighted by Crippen LogP contribution is 2.49. The number of rotatable bonds is 4. The summed E-state index contributed by atoms with van der Waals surface area (Å²) in [6.07, 6.45) is 0.543. The number of ether oxygens (including phenoxy) is 2. The highest BCUT2D eigenvalue weighted by molar-refractivity contribution is 5.83. The lowest BCUT2D eigenvalue weighted by molar-refractivity contribution is -0.141. The molecule has 2 aromatic rings. The van der Waals surface area contributed by atoms with Gasteiger partial charge in [0.15, 0.2) is 6.10 Å². The van der Waals surface area contributed by atoms with Gasteiger partial charge in [0.05, 0.1) is 20.3 Å². The molecular weight excluding hydrogens is 322 g/mol. The number of carbonyl (C=O) groups is 1. The van der Waals surface area contributed by atoms with Crippen molar-refractivity contribution in [3.05, 3.63) is 41.6 Å². The Morgan fingerprint density at radius 2 is 2.24 bits per heavy atom. The Morgan fingerprint density at radius 1 is 1.36 bits per heavy atom. The predicted octanol–water partition coefficient (Wildman–Crippen LogP) is 2.09. The van der Waals surface area contributed by atoms with E-state index in [2.05, 4.69) is 16.3 Å².